The van der Waals surface area contributed by atoms with Crippen LogP contribution in [0.4, 0.5) is 17.1 Å². The fourth-order valence-corrected chi connectivity index (χ4v) is 8.68. The molecule has 0 bridgehead atoms. The maximum atomic E-state index is 6.52. The second kappa shape index (κ2) is 14.1. The zero-order valence-electron chi connectivity index (χ0n) is 31.7. The Morgan fingerprint density at radius 1 is 0.293 bits per heavy atom. The molecule has 0 saturated carbocycles. The smallest absolute Gasteiger partial charge is 0.143 e. The largest absolute Gasteiger partial charge is 0.455 e. The number of anilines is 3. The van der Waals surface area contributed by atoms with E-state index in [1.165, 1.54) is 38.2 Å². The fraction of sp³-hybridized carbons (Fsp3) is 0. The van der Waals surface area contributed by atoms with E-state index in [1.54, 1.807) is 0 Å². The topological polar surface area (TPSA) is 16.4 Å². The van der Waals surface area contributed by atoms with Crippen LogP contribution in [0, 0.1) is 0 Å². The molecule has 0 unspecified atom stereocenters. The van der Waals surface area contributed by atoms with Gasteiger partial charge in [0.05, 0.1) is 5.69 Å². The first-order valence-electron chi connectivity index (χ1n) is 19.8. The molecule has 0 radical (unpaired) electrons. The third kappa shape index (κ3) is 5.82. The Balaban J connectivity index is 1.01. The fourth-order valence-electron chi connectivity index (χ4n) is 8.68. The highest BCUT2D eigenvalue weighted by Gasteiger charge is 2.19. The van der Waals surface area contributed by atoms with Crippen LogP contribution in [0.25, 0.3) is 88.0 Å². The SMILES string of the molecule is c1ccc(-c2cc(-c3ccc(N(c4ccc(-c5cccc6ccccc56)cc4)c4cccc5ccccc45)cc3)ccc2-c2cccc3c2oc2ccccc23)cc1. The summed E-state index contributed by atoms with van der Waals surface area (Å²) in [5, 5.41) is 7.18. The van der Waals surface area contributed by atoms with E-state index >= 15 is 0 Å². The Morgan fingerprint density at radius 3 is 1.60 bits per heavy atom. The van der Waals surface area contributed by atoms with E-state index in [-0.39, 0.29) is 0 Å². The lowest BCUT2D eigenvalue weighted by molar-refractivity contribution is 0.670. The Morgan fingerprint density at radius 2 is 0.828 bits per heavy atom. The number of nitrogens with zero attached hydrogens (tertiary/aromatic N) is 1. The van der Waals surface area contributed by atoms with Gasteiger partial charge >= 0.3 is 0 Å². The third-order valence-electron chi connectivity index (χ3n) is 11.5. The number of hydrogen-bond donors (Lipinski definition) is 0. The standard InChI is InChI=1S/C56H37NO/c1-2-13-41(14-3-1)53-37-43(31-36-49(53)51-23-12-24-52-50-21-8-9-26-55(50)58-56(51)52)38-27-32-44(33-28-38)57(54-25-11-18-40-16-5-7-20-48(40)54)45-34-29-42(30-35-45)47-22-10-17-39-15-4-6-19-46(39)47/h1-37H. The summed E-state index contributed by atoms with van der Waals surface area (Å²) in [4.78, 5) is 2.38. The number of rotatable bonds is 7. The summed E-state index contributed by atoms with van der Waals surface area (Å²) in [6.07, 6.45) is 0. The zero-order chi connectivity index (χ0) is 38.4. The summed E-state index contributed by atoms with van der Waals surface area (Å²) >= 11 is 0. The van der Waals surface area contributed by atoms with Crippen LogP contribution in [0.15, 0.2) is 229 Å². The van der Waals surface area contributed by atoms with Crippen LogP contribution < -0.4 is 4.90 Å². The quantitative estimate of drug-likeness (QED) is 0.162. The predicted molar refractivity (Wildman–Crippen MR) is 245 cm³/mol. The minimum atomic E-state index is 0.904. The van der Waals surface area contributed by atoms with Gasteiger partial charge in [-0.25, -0.2) is 0 Å². The number of benzene rings is 10. The molecule has 58 heavy (non-hydrogen) atoms. The second-order valence-electron chi connectivity index (χ2n) is 14.9. The van der Waals surface area contributed by atoms with Crippen molar-refractivity contribution < 1.29 is 4.42 Å². The highest BCUT2D eigenvalue weighted by Crippen LogP contribution is 2.43. The molecule has 0 N–H and O–H groups in total. The van der Waals surface area contributed by atoms with Gasteiger partial charge in [-0.05, 0) is 97.6 Å². The van der Waals surface area contributed by atoms with Crippen LogP contribution >= 0.6 is 0 Å². The van der Waals surface area contributed by atoms with E-state index in [1.807, 2.05) is 12.1 Å². The summed E-state index contributed by atoms with van der Waals surface area (Å²) in [5.41, 5.74) is 14.5. The first kappa shape index (κ1) is 33.6. The first-order valence-corrected chi connectivity index (χ1v) is 19.8. The van der Waals surface area contributed by atoms with Crippen molar-refractivity contribution in [3.05, 3.63) is 224 Å². The third-order valence-corrected chi connectivity index (χ3v) is 11.5. The van der Waals surface area contributed by atoms with E-state index in [0.29, 0.717) is 0 Å². The van der Waals surface area contributed by atoms with E-state index in [2.05, 4.69) is 217 Å². The van der Waals surface area contributed by atoms with Crippen LogP contribution in [0.2, 0.25) is 0 Å². The minimum Gasteiger partial charge on any atom is -0.455 e. The van der Waals surface area contributed by atoms with Gasteiger partial charge in [0.15, 0.2) is 0 Å². The van der Waals surface area contributed by atoms with E-state index in [9.17, 15) is 0 Å². The van der Waals surface area contributed by atoms with Crippen molar-refractivity contribution in [2.24, 2.45) is 0 Å². The number of furan rings is 1. The molecule has 0 aliphatic heterocycles. The lowest BCUT2D eigenvalue weighted by Crippen LogP contribution is -2.10. The molecule has 272 valence electrons. The number of fused-ring (bicyclic) bond motifs is 5. The highest BCUT2D eigenvalue weighted by molar-refractivity contribution is 6.11. The molecule has 0 saturated heterocycles. The molecular formula is C56H37NO. The molecule has 0 aliphatic carbocycles. The van der Waals surface area contributed by atoms with Gasteiger partial charge in [-0.3, -0.25) is 0 Å². The second-order valence-corrected chi connectivity index (χ2v) is 14.9. The maximum Gasteiger partial charge on any atom is 0.143 e. The molecule has 10 aromatic carbocycles. The lowest BCUT2D eigenvalue weighted by atomic mass is 9.90. The van der Waals surface area contributed by atoms with Gasteiger partial charge in [0, 0.05) is 33.1 Å². The normalized spacial score (nSPS) is 11.4. The molecule has 0 fully saturated rings. The number of para-hydroxylation sites is 2. The van der Waals surface area contributed by atoms with Crippen molar-refractivity contribution in [3.8, 4) is 44.5 Å². The predicted octanol–water partition coefficient (Wildman–Crippen LogP) is 16.0. The van der Waals surface area contributed by atoms with Crippen LogP contribution in [0.1, 0.15) is 0 Å². The molecule has 1 heterocycles. The van der Waals surface area contributed by atoms with Gasteiger partial charge in [0.25, 0.3) is 0 Å². The van der Waals surface area contributed by atoms with E-state index in [4.69, 9.17) is 4.42 Å². The summed E-state index contributed by atoms with van der Waals surface area (Å²) in [7, 11) is 0. The first-order chi connectivity index (χ1) is 28.8. The Bertz CT molecular complexity index is 3260. The molecule has 2 nitrogen and oxygen atoms in total. The van der Waals surface area contributed by atoms with Crippen molar-refractivity contribution in [1.82, 2.24) is 0 Å². The summed E-state index contributed by atoms with van der Waals surface area (Å²) in [6, 6.07) is 80.6. The van der Waals surface area contributed by atoms with Crippen LogP contribution in [0.5, 0.6) is 0 Å². The lowest BCUT2D eigenvalue weighted by Gasteiger charge is -2.27. The van der Waals surface area contributed by atoms with E-state index < -0.39 is 0 Å². The Kier molecular flexibility index (Phi) is 8.19. The van der Waals surface area contributed by atoms with Crippen molar-refractivity contribution >= 4 is 60.5 Å². The van der Waals surface area contributed by atoms with Crippen molar-refractivity contribution in [2.45, 2.75) is 0 Å². The van der Waals surface area contributed by atoms with Gasteiger partial charge in [-0.1, -0.05) is 182 Å². The summed E-state index contributed by atoms with van der Waals surface area (Å²) in [5.74, 6) is 0. The van der Waals surface area contributed by atoms with Gasteiger partial charge < -0.3 is 9.32 Å². The summed E-state index contributed by atoms with van der Waals surface area (Å²) < 4.78 is 6.52. The Hall–Kier alpha value is -7.68. The molecule has 0 aliphatic rings. The van der Waals surface area contributed by atoms with Gasteiger partial charge in [0.1, 0.15) is 11.2 Å². The Labute approximate surface area is 337 Å². The van der Waals surface area contributed by atoms with Crippen LogP contribution in [-0.4, -0.2) is 0 Å². The average Bonchev–Trinajstić information content (AvgIpc) is 3.69. The molecule has 2 heteroatoms. The highest BCUT2D eigenvalue weighted by atomic mass is 16.3. The number of hydrogen-bond acceptors (Lipinski definition) is 2. The molecule has 11 rings (SSSR count). The van der Waals surface area contributed by atoms with Crippen molar-refractivity contribution in [2.75, 3.05) is 4.90 Å². The molecule has 0 amide bonds. The van der Waals surface area contributed by atoms with Crippen LogP contribution in [-0.2, 0) is 0 Å². The van der Waals surface area contributed by atoms with Gasteiger partial charge in [-0.2, -0.15) is 0 Å². The molecule has 1 aromatic heterocycles. The average molecular weight is 740 g/mol. The maximum absolute atomic E-state index is 6.52. The summed E-state index contributed by atoms with van der Waals surface area (Å²) in [6.45, 7) is 0. The minimum absolute atomic E-state index is 0.904. The van der Waals surface area contributed by atoms with Gasteiger partial charge in [-0.15, -0.1) is 0 Å². The van der Waals surface area contributed by atoms with Crippen molar-refractivity contribution in [3.63, 3.8) is 0 Å². The molecule has 0 spiro atoms. The molecule has 0 atom stereocenters. The molecule has 11 aromatic rings. The van der Waals surface area contributed by atoms with Gasteiger partial charge in [0.2, 0.25) is 0 Å². The molecular weight excluding hydrogens is 703 g/mol. The zero-order valence-corrected chi connectivity index (χ0v) is 31.7. The van der Waals surface area contributed by atoms with Crippen LogP contribution in [0.3, 0.4) is 0 Å². The van der Waals surface area contributed by atoms with Crippen molar-refractivity contribution in [1.29, 1.82) is 0 Å². The monoisotopic (exact) mass is 739 g/mol. The van der Waals surface area contributed by atoms with E-state index in [0.717, 1.165) is 66.8 Å².